The van der Waals surface area contributed by atoms with Crippen LogP contribution in [0.15, 0.2) is 88.8 Å². The Morgan fingerprint density at radius 3 is 2.34 bits per heavy atom. The van der Waals surface area contributed by atoms with E-state index in [1.54, 1.807) is 31.4 Å². The van der Waals surface area contributed by atoms with Crippen LogP contribution in [0.3, 0.4) is 0 Å². The lowest BCUT2D eigenvalue weighted by Gasteiger charge is -2.19. The number of rotatable bonds is 6. The molecule has 0 aliphatic rings. The highest BCUT2D eigenvalue weighted by Crippen LogP contribution is 2.40. The summed E-state index contributed by atoms with van der Waals surface area (Å²) in [4.78, 5) is 20.2. The number of methoxy groups -OCH3 is 1. The fourth-order valence-corrected chi connectivity index (χ4v) is 4.70. The number of ether oxygens (including phenoxy) is 1. The average molecular weight is 440 g/mol. The minimum absolute atomic E-state index is 0.00771. The maximum atomic E-state index is 12.8. The van der Waals surface area contributed by atoms with Crippen LogP contribution in [0.5, 0.6) is 5.75 Å². The Bertz CT molecular complexity index is 1330. The summed E-state index contributed by atoms with van der Waals surface area (Å²) in [6.45, 7) is 2.07. The number of thioether (sulfide) groups is 1. The summed E-state index contributed by atoms with van der Waals surface area (Å²) >= 11 is 1.46. The number of aromatic amines is 1. The van der Waals surface area contributed by atoms with Gasteiger partial charge in [0.15, 0.2) is 5.16 Å². The van der Waals surface area contributed by atoms with Gasteiger partial charge < -0.3 is 9.72 Å². The van der Waals surface area contributed by atoms with Gasteiger partial charge in [-0.2, -0.15) is 5.26 Å². The molecule has 1 atom stereocenters. The molecular formula is C26H21N3O2S. The number of aryl methyl sites for hydroxylation is 1. The third kappa shape index (κ3) is 4.43. The Hall–Kier alpha value is -3.82. The van der Waals surface area contributed by atoms with Crippen molar-refractivity contribution in [3.63, 3.8) is 0 Å². The largest absolute Gasteiger partial charge is 0.497 e. The molecular weight excluding hydrogens is 418 g/mol. The highest BCUT2D eigenvalue weighted by atomic mass is 32.2. The molecule has 3 aromatic carbocycles. The molecule has 0 aliphatic heterocycles. The molecule has 1 N–H and O–H groups in total. The van der Waals surface area contributed by atoms with E-state index in [0.29, 0.717) is 22.2 Å². The summed E-state index contributed by atoms with van der Waals surface area (Å²) in [7, 11) is 1.59. The number of benzene rings is 3. The van der Waals surface area contributed by atoms with Crippen LogP contribution in [0.2, 0.25) is 0 Å². The molecule has 6 heteroatoms. The Balaban J connectivity index is 1.81. The second kappa shape index (κ2) is 9.54. The summed E-state index contributed by atoms with van der Waals surface area (Å²) in [6.07, 6.45) is 0. The van der Waals surface area contributed by atoms with Crippen LogP contribution in [0, 0.1) is 18.3 Å². The summed E-state index contributed by atoms with van der Waals surface area (Å²) in [6, 6.07) is 27.5. The van der Waals surface area contributed by atoms with E-state index in [-0.39, 0.29) is 10.8 Å². The second-order valence-corrected chi connectivity index (χ2v) is 8.29. The van der Waals surface area contributed by atoms with Crippen molar-refractivity contribution in [2.45, 2.75) is 17.3 Å². The molecule has 1 heterocycles. The third-order valence-electron chi connectivity index (χ3n) is 5.18. The van der Waals surface area contributed by atoms with Crippen molar-refractivity contribution in [2.75, 3.05) is 7.11 Å². The van der Waals surface area contributed by atoms with Crippen molar-refractivity contribution < 1.29 is 4.74 Å². The van der Waals surface area contributed by atoms with E-state index in [1.807, 2.05) is 36.4 Å². The van der Waals surface area contributed by atoms with E-state index in [4.69, 9.17) is 9.72 Å². The lowest BCUT2D eigenvalue weighted by Crippen LogP contribution is -2.15. The van der Waals surface area contributed by atoms with Crippen LogP contribution in [-0.4, -0.2) is 17.1 Å². The molecule has 158 valence electrons. The van der Waals surface area contributed by atoms with Gasteiger partial charge in [0, 0.05) is 5.56 Å². The number of nitrogens with one attached hydrogen (secondary N) is 1. The van der Waals surface area contributed by atoms with Crippen molar-refractivity contribution >= 4 is 11.8 Å². The molecule has 1 unspecified atom stereocenters. The lowest BCUT2D eigenvalue weighted by atomic mass is 10.0. The van der Waals surface area contributed by atoms with E-state index >= 15 is 0 Å². The maximum absolute atomic E-state index is 12.8. The Morgan fingerprint density at radius 1 is 1.00 bits per heavy atom. The smallest absolute Gasteiger partial charge is 0.270 e. The maximum Gasteiger partial charge on any atom is 0.270 e. The van der Waals surface area contributed by atoms with E-state index in [9.17, 15) is 10.1 Å². The molecule has 0 fully saturated rings. The average Bonchev–Trinajstić information content (AvgIpc) is 2.83. The molecule has 4 rings (SSSR count). The van der Waals surface area contributed by atoms with Gasteiger partial charge in [0.1, 0.15) is 17.4 Å². The highest BCUT2D eigenvalue weighted by molar-refractivity contribution is 7.99. The third-order valence-corrected chi connectivity index (χ3v) is 6.35. The molecule has 0 spiro atoms. The molecule has 32 heavy (non-hydrogen) atoms. The van der Waals surface area contributed by atoms with Gasteiger partial charge in [-0.3, -0.25) is 4.79 Å². The normalized spacial score (nSPS) is 11.5. The fourth-order valence-electron chi connectivity index (χ4n) is 3.50. The number of nitriles is 1. The first-order valence-corrected chi connectivity index (χ1v) is 10.9. The monoisotopic (exact) mass is 439 g/mol. The minimum Gasteiger partial charge on any atom is -0.497 e. The summed E-state index contributed by atoms with van der Waals surface area (Å²) < 4.78 is 5.21. The van der Waals surface area contributed by atoms with Crippen LogP contribution in [0.1, 0.15) is 27.5 Å². The van der Waals surface area contributed by atoms with Crippen LogP contribution in [0.4, 0.5) is 0 Å². The standard InChI is InChI=1S/C26H21N3O2S/c1-17-8-6-7-11-21(17)24(19-9-4-3-5-10-19)32-26-28-23(22(16-27)25(30)29-26)18-12-14-20(31-2)15-13-18/h3-15,24H,1-2H3,(H,28,29,30). The van der Waals surface area contributed by atoms with Crippen LogP contribution in [0.25, 0.3) is 11.3 Å². The number of hydrogen-bond acceptors (Lipinski definition) is 5. The summed E-state index contributed by atoms with van der Waals surface area (Å²) in [5.74, 6) is 0.690. The molecule has 0 bridgehead atoms. The van der Waals surface area contributed by atoms with Gasteiger partial charge in [0.2, 0.25) is 0 Å². The first-order chi connectivity index (χ1) is 15.6. The van der Waals surface area contributed by atoms with Crippen molar-refractivity contribution in [1.82, 2.24) is 9.97 Å². The van der Waals surface area contributed by atoms with Crippen molar-refractivity contribution in [1.29, 1.82) is 5.26 Å². The van der Waals surface area contributed by atoms with E-state index in [0.717, 1.165) is 16.7 Å². The van der Waals surface area contributed by atoms with Gasteiger partial charge in [0.25, 0.3) is 5.56 Å². The number of nitrogens with zero attached hydrogens (tertiary/aromatic N) is 2. The summed E-state index contributed by atoms with van der Waals surface area (Å²) in [5, 5.41) is 9.97. The predicted molar refractivity (Wildman–Crippen MR) is 127 cm³/mol. The molecule has 0 amide bonds. The van der Waals surface area contributed by atoms with E-state index < -0.39 is 5.56 Å². The zero-order valence-corrected chi connectivity index (χ0v) is 18.5. The molecule has 0 aliphatic carbocycles. The van der Waals surface area contributed by atoms with Crippen molar-refractivity contribution in [3.05, 3.63) is 111 Å². The molecule has 1 aromatic heterocycles. The number of aromatic nitrogens is 2. The van der Waals surface area contributed by atoms with Crippen LogP contribution < -0.4 is 10.3 Å². The molecule has 4 aromatic rings. The quantitative estimate of drug-likeness (QED) is 0.317. The highest BCUT2D eigenvalue weighted by Gasteiger charge is 2.21. The zero-order valence-electron chi connectivity index (χ0n) is 17.7. The van der Waals surface area contributed by atoms with Crippen LogP contribution in [-0.2, 0) is 0 Å². The first-order valence-electron chi connectivity index (χ1n) is 10.1. The van der Waals surface area contributed by atoms with Gasteiger partial charge in [-0.1, -0.05) is 66.4 Å². The van der Waals surface area contributed by atoms with Gasteiger partial charge in [-0.25, -0.2) is 4.98 Å². The SMILES string of the molecule is COc1ccc(-c2nc(SC(c3ccccc3)c3ccccc3C)[nH]c(=O)c2C#N)cc1. The molecule has 0 radical (unpaired) electrons. The van der Waals surface area contributed by atoms with Crippen LogP contribution >= 0.6 is 11.8 Å². The fraction of sp³-hybridized carbons (Fsp3) is 0.115. The Labute approximate surface area is 190 Å². The van der Waals surface area contributed by atoms with Gasteiger partial charge in [-0.15, -0.1) is 0 Å². The number of H-pyrrole nitrogens is 1. The second-order valence-electron chi connectivity index (χ2n) is 7.20. The number of hydrogen-bond donors (Lipinski definition) is 1. The molecule has 5 nitrogen and oxygen atoms in total. The lowest BCUT2D eigenvalue weighted by molar-refractivity contribution is 0.415. The Kier molecular flexibility index (Phi) is 6.39. The zero-order chi connectivity index (χ0) is 22.5. The van der Waals surface area contributed by atoms with Gasteiger partial charge in [-0.05, 0) is 47.9 Å². The predicted octanol–water partition coefficient (Wildman–Crippen LogP) is 5.51. The van der Waals surface area contributed by atoms with Gasteiger partial charge >= 0.3 is 0 Å². The first kappa shape index (κ1) is 21.4. The summed E-state index contributed by atoms with van der Waals surface area (Å²) in [5.41, 5.74) is 3.98. The molecule has 0 saturated heterocycles. The van der Waals surface area contributed by atoms with E-state index in [1.165, 1.54) is 11.8 Å². The van der Waals surface area contributed by atoms with Crippen molar-refractivity contribution in [2.24, 2.45) is 0 Å². The minimum atomic E-state index is -0.451. The van der Waals surface area contributed by atoms with Gasteiger partial charge in [0.05, 0.1) is 18.1 Å². The van der Waals surface area contributed by atoms with Crippen molar-refractivity contribution in [3.8, 4) is 23.1 Å². The molecule has 0 saturated carbocycles. The topological polar surface area (TPSA) is 78.8 Å². The van der Waals surface area contributed by atoms with E-state index in [2.05, 4.69) is 36.2 Å². The Morgan fingerprint density at radius 2 is 1.69 bits per heavy atom.